The highest BCUT2D eigenvalue weighted by Gasteiger charge is 2.20. The quantitative estimate of drug-likeness (QED) is 0.469. The minimum absolute atomic E-state index is 0.254. The maximum absolute atomic E-state index is 12.9. The molecule has 0 radical (unpaired) electrons. The van der Waals surface area contributed by atoms with Crippen molar-refractivity contribution in [3.05, 3.63) is 101 Å². The van der Waals surface area contributed by atoms with E-state index in [1.165, 1.54) is 0 Å². The monoisotopic (exact) mass is 383 g/mol. The Morgan fingerprint density at radius 2 is 1.62 bits per heavy atom. The summed E-state index contributed by atoms with van der Waals surface area (Å²) in [5.74, 6) is -0.528. The number of aromatic amines is 1. The summed E-state index contributed by atoms with van der Waals surface area (Å²) in [4.78, 5) is 28.8. The topological polar surface area (TPSA) is 74.0 Å². The van der Waals surface area contributed by atoms with E-state index in [9.17, 15) is 9.59 Å². The number of rotatable bonds is 5. The van der Waals surface area contributed by atoms with Crippen molar-refractivity contribution in [2.24, 2.45) is 0 Å². The van der Waals surface area contributed by atoms with Crippen molar-refractivity contribution in [3.63, 3.8) is 0 Å². The summed E-state index contributed by atoms with van der Waals surface area (Å²) in [5.41, 5.74) is 4.16. The minimum Gasteiger partial charge on any atom is -0.349 e. The highest BCUT2D eigenvalue weighted by molar-refractivity contribution is 6.15. The third-order valence-electron chi connectivity index (χ3n) is 4.75. The summed E-state index contributed by atoms with van der Waals surface area (Å²) < 4.78 is 0. The van der Waals surface area contributed by atoms with Crippen LogP contribution in [0.4, 0.5) is 5.69 Å². The van der Waals surface area contributed by atoms with Crippen molar-refractivity contribution in [1.29, 1.82) is 0 Å². The average molecular weight is 383 g/mol. The molecule has 144 valence electrons. The van der Waals surface area contributed by atoms with Crippen molar-refractivity contribution in [2.45, 2.75) is 13.5 Å². The molecule has 3 aromatic carbocycles. The molecule has 0 aliphatic heterocycles. The number of fused-ring (bicyclic) bond motifs is 1. The van der Waals surface area contributed by atoms with Crippen LogP contribution in [0.5, 0.6) is 0 Å². The molecule has 2 amide bonds. The first-order chi connectivity index (χ1) is 14.1. The Balaban J connectivity index is 1.63. The molecule has 0 saturated carbocycles. The van der Waals surface area contributed by atoms with E-state index in [1.807, 2.05) is 79.7 Å². The lowest BCUT2D eigenvalue weighted by Gasteiger charge is -2.09. The second-order valence-corrected chi connectivity index (χ2v) is 6.91. The number of nitrogens with one attached hydrogen (secondary N) is 3. The number of aryl methyl sites for hydroxylation is 1. The van der Waals surface area contributed by atoms with Gasteiger partial charge in [-0.2, -0.15) is 0 Å². The average Bonchev–Trinajstić information content (AvgIpc) is 3.11. The predicted molar refractivity (Wildman–Crippen MR) is 115 cm³/mol. The molecule has 29 heavy (non-hydrogen) atoms. The van der Waals surface area contributed by atoms with Crippen molar-refractivity contribution in [1.82, 2.24) is 10.3 Å². The molecule has 3 N–H and O–H groups in total. The largest absolute Gasteiger partial charge is 0.349 e. The van der Waals surface area contributed by atoms with E-state index in [4.69, 9.17) is 0 Å². The third kappa shape index (κ3) is 4.04. The number of amides is 2. The van der Waals surface area contributed by atoms with Crippen LogP contribution >= 0.6 is 0 Å². The molecular weight excluding hydrogens is 362 g/mol. The first-order valence-electron chi connectivity index (χ1n) is 9.42. The van der Waals surface area contributed by atoms with E-state index >= 15 is 0 Å². The molecule has 1 heterocycles. The normalized spacial score (nSPS) is 10.7. The molecule has 0 bridgehead atoms. The van der Waals surface area contributed by atoms with E-state index < -0.39 is 0 Å². The lowest BCUT2D eigenvalue weighted by molar-refractivity contribution is 0.0947. The standard InChI is InChI=1S/C24H21N3O2/c1-16-8-7-11-18(14-16)23(28)27-21-19-12-5-6-13-20(19)26-22(21)24(29)25-15-17-9-3-2-4-10-17/h2-14,26H,15H2,1H3,(H,25,29)(H,27,28). The molecule has 0 unspecified atom stereocenters. The Bertz CT molecular complexity index is 1180. The maximum atomic E-state index is 12.9. The summed E-state index contributed by atoms with van der Waals surface area (Å²) in [7, 11) is 0. The van der Waals surface area contributed by atoms with E-state index in [0.29, 0.717) is 23.5 Å². The van der Waals surface area contributed by atoms with Crippen LogP contribution in [-0.4, -0.2) is 16.8 Å². The molecule has 0 aliphatic carbocycles. The Morgan fingerprint density at radius 3 is 2.41 bits per heavy atom. The van der Waals surface area contributed by atoms with Gasteiger partial charge in [-0.1, -0.05) is 66.2 Å². The van der Waals surface area contributed by atoms with Crippen molar-refractivity contribution >= 4 is 28.4 Å². The van der Waals surface area contributed by atoms with Crippen LogP contribution in [0.25, 0.3) is 10.9 Å². The number of benzene rings is 3. The first-order valence-corrected chi connectivity index (χ1v) is 9.42. The maximum Gasteiger partial charge on any atom is 0.270 e. The third-order valence-corrected chi connectivity index (χ3v) is 4.75. The molecule has 0 spiro atoms. The van der Waals surface area contributed by atoms with Crippen LogP contribution in [0.2, 0.25) is 0 Å². The second kappa shape index (κ2) is 8.02. The van der Waals surface area contributed by atoms with Crippen LogP contribution in [0.1, 0.15) is 32.0 Å². The van der Waals surface area contributed by atoms with Gasteiger partial charge in [0.05, 0.1) is 5.69 Å². The molecule has 4 rings (SSSR count). The van der Waals surface area contributed by atoms with Gasteiger partial charge in [-0.15, -0.1) is 0 Å². The molecule has 0 aliphatic rings. The van der Waals surface area contributed by atoms with Gasteiger partial charge in [0.25, 0.3) is 11.8 Å². The summed E-state index contributed by atoms with van der Waals surface area (Å²) in [5, 5.41) is 6.63. The van der Waals surface area contributed by atoms with Gasteiger partial charge in [0, 0.05) is 23.0 Å². The highest BCUT2D eigenvalue weighted by Crippen LogP contribution is 2.28. The fourth-order valence-corrected chi connectivity index (χ4v) is 3.28. The molecule has 0 fully saturated rings. The number of hydrogen-bond acceptors (Lipinski definition) is 2. The lowest BCUT2D eigenvalue weighted by atomic mass is 10.1. The number of aromatic nitrogens is 1. The zero-order chi connectivity index (χ0) is 20.2. The smallest absolute Gasteiger partial charge is 0.270 e. The van der Waals surface area contributed by atoms with Gasteiger partial charge in [-0.3, -0.25) is 9.59 Å². The molecule has 4 aromatic rings. The predicted octanol–water partition coefficient (Wildman–Crippen LogP) is 4.66. The number of carbonyl (C=O) groups excluding carboxylic acids is 2. The van der Waals surface area contributed by atoms with Crippen LogP contribution in [0.3, 0.4) is 0 Å². The Kier molecular flexibility index (Phi) is 5.12. The van der Waals surface area contributed by atoms with Gasteiger partial charge in [0.2, 0.25) is 0 Å². The lowest BCUT2D eigenvalue weighted by Crippen LogP contribution is -2.25. The summed E-state index contributed by atoms with van der Waals surface area (Å²) in [6.07, 6.45) is 0. The summed E-state index contributed by atoms with van der Waals surface area (Å²) in [6.45, 7) is 2.34. The van der Waals surface area contributed by atoms with Gasteiger partial charge in [0.15, 0.2) is 0 Å². The zero-order valence-corrected chi connectivity index (χ0v) is 16.0. The van der Waals surface area contributed by atoms with Crippen molar-refractivity contribution < 1.29 is 9.59 Å². The van der Waals surface area contributed by atoms with Gasteiger partial charge in [-0.25, -0.2) is 0 Å². The molecule has 0 atom stereocenters. The van der Waals surface area contributed by atoms with E-state index in [1.54, 1.807) is 6.07 Å². The van der Waals surface area contributed by atoms with Crippen LogP contribution in [0, 0.1) is 6.92 Å². The minimum atomic E-state index is -0.274. The Morgan fingerprint density at radius 1 is 0.862 bits per heavy atom. The van der Waals surface area contributed by atoms with Gasteiger partial charge >= 0.3 is 0 Å². The van der Waals surface area contributed by atoms with E-state index in [2.05, 4.69) is 15.6 Å². The Hall–Kier alpha value is -3.86. The first kappa shape index (κ1) is 18.5. The second-order valence-electron chi connectivity index (χ2n) is 6.91. The van der Waals surface area contributed by atoms with Gasteiger partial charge in [-0.05, 0) is 30.7 Å². The van der Waals surface area contributed by atoms with E-state index in [-0.39, 0.29) is 11.8 Å². The molecule has 5 nitrogen and oxygen atoms in total. The van der Waals surface area contributed by atoms with Gasteiger partial charge in [0.1, 0.15) is 5.69 Å². The fourth-order valence-electron chi connectivity index (χ4n) is 3.28. The zero-order valence-electron chi connectivity index (χ0n) is 16.0. The number of carbonyl (C=O) groups is 2. The number of hydrogen-bond donors (Lipinski definition) is 3. The Labute approximate surface area is 168 Å². The molecule has 0 saturated heterocycles. The molecule has 1 aromatic heterocycles. The van der Waals surface area contributed by atoms with Gasteiger partial charge < -0.3 is 15.6 Å². The van der Waals surface area contributed by atoms with Crippen molar-refractivity contribution in [3.8, 4) is 0 Å². The summed E-state index contributed by atoms with van der Waals surface area (Å²) >= 11 is 0. The van der Waals surface area contributed by atoms with E-state index in [0.717, 1.165) is 22.0 Å². The molecule has 5 heteroatoms. The number of H-pyrrole nitrogens is 1. The van der Waals surface area contributed by atoms with Crippen LogP contribution in [0.15, 0.2) is 78.9 Å². The molecular formula is C24H21N3O2. The highest BCUT2D eigenvalue weighted by atomic mass is 16.2. The van der Waals surface area contributed by atoms with Crippen molar-refractivity contribution in [2.75, 3.05) is 5.32 Å². The van der Waals surface area contributed by atoms with Crippen LogP contribution in [-0.2, 0) is 6.54 Å². The van der Waals surface area contributed by atoms with Crippen LogP contribution < -0.4 is 10.6 Å². The number of para-hydroxylation sites is 1. The summed E-state index contributed by atoms with van der Waals surface area (Å²) in [6, 6.07) is 24.6. The SMILES string of the molecule is Cc1cccc(C(=O)Nc2c(C(=O)NCc3ccccc3)[nH]c3ccccc23)c1. The number of anilines is 1. The fraction of sp³-hybridized carbons (Fsp3) is 0.0833.